The number of piperidine rings is 1. The molecule has 0 saturated carbocycles. The van der Waals surface area contributed by atoms with Gasteiger partial charge in [-0.3, -0.25) is 4.79 Å². The van der Waals surface area contributed by atoms with Gasteiger partial charge in [0.05, 0.1) is 12.5 Å². The Balaban J connectivity index is 1.60. The van der Waals surface area contributed by atoms with Crippen molar-refractivity contribution in [3.05, 3.63) is 30.2 Å². The molecule has 1 saturated heterocycles. The number of rotatable bonds is 4. The average molecular weight is 302 g/mol. The fourth-order valence-electron chi connectivity index (χ4n) is 2.90. The first-order valence-electron chi connectivity index (χ1n) is 7.83. The van der Waals surface area contributed by atoms with Gasteiger partial charge in [-0.2, -0.15) is 0 Å². The molecule has 1 aromatic carbocycles. The Labute approximate surface area is 130 Å². The first-order valence-corrected chi connectivity index (χ1v) is 7.83. The van der Waals surface area contributed by atoms with E-state index >= 15 is 0 Å². The van der Waals surface area contributed by atoms with Gasteiger partial charge >= 0.3 is 0 Å². The zero-order chi connectivity index (χ0) is 15.5. The summed E-state index contributed by atoms with van der Waals surface area (Å²) in [4.78, 5) is 18.7. The molecule has 0 unspecified atom stereocenters. The Morgan fingerprint density at radius 3 is 2.82 bits per heavy atom. The van der Waals surface area contributed by atoms with Crippen molar-refractivity contribution < 1.29 is 13.9 Å². The number of fused-ring (bicyclic) bond motifs is 1. The number of amides is 1. The van der Waals surface area contributed by atoms with Crippen LogP contribution in [-0.4, -0.2) is 42.1 Å². The number of methoxy groups -OCH3 is 1. The van der Waals surface area contributed by atoms with E-state index < -0.39 is 0 Å². The van der Waals surface area contributed by atoms with Crippen LogP contribution >= 0.6 is 0 Å². The first kappa shape index (κ1) is 15.0. The zero-order valence-corrected chi connectivity index (χ0v) is 13.1. The maximum Gasteiger partial charge on any atom is 0.225 e. The van der Waals surface area contributed by atoms with Crippen molar-refractivity contribution in [1.29, 1.82) is 0 Å². The Hall–Kier alpha value is -1.88. The van der Waals surface area contributed by atoms with E-state index in [9.17, 15) is 4.79 Å². The van der Waals surface area contributed by atoms with E-state index in [1.165, 1.54) is 0 Å². The molecular weight excluding hydrogens is 280 g/mol. The molecule has 118 valence electrons. The second kappa shape index (κ2) is 6.48. The number of carbonyl (C=O) groups excluding carboxylic acids is 1. The predicted molar refractivity (Wildman–Crippen MR) is 83.7 cm³/mol. The molecule has 0 spiro atoms. The summed E-state index contributed by atoms with van der Waals surface area (Å²) in [6, 6.07) is 7.83. The van der Waals surface area contributed by atoms with Crippen LogP contribution in [0.1, 0.15) is 38.0 Å². The molecule has 22 heavy (non-hydrogen) atoms. The van der Waals surface area contributed by atoms with E-state index in [-0.39, 0.29) is 12.0 Å². The zero-order valence-electron chi connectivity index (χ0n) is 13.1. The van der Waals surface area contributed by atoms with Crippen LogP contribution in [-0.2, 0) is 9.53 Å². The Kier molecular flexibility index (Phi) is 4.43. The number of nitrogens with zero attached hydrogens (tertiary/aromatic N) is 2. The molecule has 1 aromatic heterocycles. The Morgan fingerprint density at radius 2 is 2.14 bits per heavy atom. The SMILES string of the molecule is CO[C@@H](C)CC(=O)N1CCC(c2nc3ccccc3o2)CC1. The summed E-state index contributed by atoms with van der Waals surface area (Å²) in [5, 5.41) is 0. The van der Waals surface area contributed by atoms with Crippen molar-refractivity contribution in [2.75, 3.05) is 20.2 Å². The molecule has 1 aliphatic rings. The van der Waals surface area contributed by atoms with E-state index in [1.807, 2.05) is 36.1 Å². The molecule has 3 rings (SSSR count). The van der Waals surface area contributed by atoms with Gasteiger partial charge in [0.2, 0.25) is 5.91 Å². The number of benzene rings is 1. The Bertz CT molecular complexity index is 611. The number of oxazole rings is 1. The fraction of sp³-hybridized carbons (Fsp3) is 0.529. The number of ether oxygens (including phenoxy) is 1. The highest BCUT2D eigenvalue weighted by atomic mass is 16.5. The van der Waals surface area contributed by atoms with Crippen LogP contribution in [0, 0.1) is 0 Å². The highest BCUT2D eigenvalue weighted by molar-refractivity contribution is 5.76. The summed E-state index contributed by atoms with van der Waals surface area (Å²) in [6.07, 6.45) is 2.23. The van der Waals surface area contributed by atoms with Gasteiger partial charge in [-0.25, -0.2) is 4.98 Å². The van der Waals surface area contributed by atoms with Crippen LogP contribution in [0.5, 0.6) is 0 Å². The number of likely N-dealkylation sites (tertiary alicyclic amines) is 1. The summed E-state index contributed by atoms with van der Waals surface area (Å²) in [7, 11) is 1.64. The molecule has 1 aliphatic heterocycles. The molecule has 2 aromatic rings. The van der Waals surface area contributed by atoms with Crippen LogP contribution < -0.4 is 0 Å². The number of carbonyl (C=O) groups is 1. The molecule has 1 atom stereocenters. The minimum absolute atomic E-state index is 0.0257. The highest BCUT2D eigenvalue weighted by Gasteiger charge is 2.27. The van der Waals surface area contributed by atoms with Crippen molar-refractivity contribution in [2.45, 2.75) is 38.2 Å². The summed E-state index contributed by atoms with van der Waals surface area (Å²) in [6.45, 7) is 3.44. The molecule has 0 aliphatic carbocycles. The minimum Gasteiger partial charge on any atom is -0.440 e. The quantitative estimate of drug-likeness (QED) is 0.871. The van der Waals surface area contributed by atoms with Crippen molar-refractivity contribution in [3.8, 4) is 0 Å². The second-order valence-electron chi connectivity index (χ2n) is 5.93. The van der Waals surface area contributed by atoms with Crippen molar-refractivity contribution in [2.24, 2.45) is 0 Å². The van der Waals surface area contributed by atoms with Crippen LogP contribution in [0.15, 0.2) is 28.7 Å². The maximum absolute atomic E-state index is 12.2. The lowest BCUT2D eigenvalue weighted by atomic mass is 9.96. The fourth-order valence-corrected chi connectivity index (χ4v) is 2.90. The molecule has 5 nitrogen and oxygen atoms in total. The van der Waals surface area contributed by atoms with E-state index in [0.717, 1.165) is 42.9 Å². The van der Waals surface area contributed by atoms with Crippen LogP contribution in [0.25, 0.3) is 11.1 Å². The average Bonchev–Trinajstić information content (AvgIpc) is 2.98. The number of hydrogen-bond acceptors (Lipinski definition) is 4. The van der Waals surface area contributed by atoms with Gasteiger partial charge in [0.1, 0.15) is 5.52 Å². The van der Waals surface area contributed by atoms with Crippen molar-refractivity contribution in [3.63, 3.8) is 0 Å². The molecule has 0 bridgehead atoms. The lowest BCUT2D eigenvalue weighted by Crippen LogP contribution is -2.39. The number of hydrogen-bond donors (Lipinski definition) is 0. The predicted octanol–water partition coefficient (Wildman–Crippen LogP) is 2.96. The van der Waals surface area contributed by atoms with Gasteiger partial charge in [-0.1, -0.05) is 12.1 Å². The first-order chi connectivity index (χ1) is 10.7. The third-order valence-corrected chi connectivity index (χ3v) is 4.37. The van der Waals surface area contributed by atoms with Crippen molar-refractivity contribution >= 4 is 17.0 Å². The van der Waals surface area contributed by atoms with E-state index in [1.54, 1.807) is 7.11 Å². The largest absolute Gasteiger partial charge is 0.440 e. The van der Waals surface area contributed by atoms with Crippen molar-refractivity contribution in [1.82, 2.24) is 9.88 Å². The van der Waals surface area contributed by atoms with Gasteiger partial charge in [-0.15, -0.1) is 0 Å². The third kappa shape index (κ3) is 3.14. The lowest BCUT2D eigenvalue weighted by Gasteiger charge is -2.31. The highest BCUT2D eigenvalue weighted by Crippen LogP contribution is 2.30. The van der Waals surface area contributed by atoms with E-state index in [2.05, 4.69) is 4.98 Å². The molecule has 0 radical (unpaired) electrons. The van der Waals surface area contributed by atoms with E-state index in [4.69, 9.17) is 9.15 Å². The second-order valence-corrected chi connectivity index (χ2v) is 5.93. The Morgan fingerprint density at radius 1 is 1.41 bits per heavy atom. The molecule has 1 amide bonds. The maximum atomic E-state index is 12.2. The topological polar surface area (TPSA) is 55.6 Å². The summed E-state index contributed by atoms with van der Waals surface area (Å²) in [5.41, 5.74) is 1.75. The lowest BCUT2D eigenvalue weighted by molar-refractivity contribution is -0.134. The third-order valence-electron chi connectivity index (χ3n) is 4.37. The van der Waals surface area contributed by atoms with Gasteiger partial charge < -0.3 is 14.1 Å². The number of aromatic nitrogens is 1. The summed E-state index contributed by atoms with van der Waals surface area (Å²) < 4.78 is 11.0. The standard InChI is InChI=1S/C17H22N2O3/c1-12(21-2)11-16(20)19-9-7-13(8-10-19)17-18-14-5-3-4-6-15(14)22-17/h3-6,12-13H,7-11H2,1-2H3/t12-/m0/s1. The normalized spacial score (nSPS) is 17.8. The van der Waals surface area contributed by atoms with Gasteiger partial charge in [-0.05, 0) is 31.9 Å². The minimum atomic E-state index is -0.0257. The van der Waals surface area contributed by atoms with Gasteiger partial charge in [0, 0.05) is 26.1 Å². The summed E-state index contributed by atoms with van der Waals surface area (Å²) >= 11 is 0. The van der Waals surface area contributed by atoms with Crippen LogP contribution in [0.4, 0.5) is 0 Å². The van der Waals surface area contributed by atoms with Gasteiger partial charge in [0.15, 0.2) is 11.5 Å². The van der Waals surface area contributed by atoms with Crippen LogP contribution in [0.2, 0.25) is 0 Å². The molecule has 5 heteroatoms. The molecular formula is C17H22N2O3. The molecule has 0 N–H and O–H groups in total. The molecule has 2 heterocycles. The van der Waals surface area contributed by atoms with Gasteiger partial charge in [0.25, 0.3) is 0 Å². The molecule has 1 fully saturated rings. The smallest absolute Gasteiger partial charge is 0.225 e. The summed E-state index contributed by atoms with van der Waals surface area (Å²) in [5.74, 6) is 1.28. The van der Waals surface area contributed by atoms with Crippen LogP contribution in [0.3, 0.4) is 0 Å². The monoisotopic (exact) mass is 302 g/mol. The van der Waals surface area contributed by atoms with E-state index in [0.29, 0.717) is 12.3 Å². The number of para-hydroxylation sites is 2.